The van der Waals surface area contributed by atoms with E-state index < -0.39 is 11.5 Å². The molecule has 0 spiro atoms. The number of rotatable bonds is 4. The van der Waals surface area contributed by atoms with E-state index in [9.17, 15) is 14.7 Å². The molecular weight excluding hydrogens is 278 g/mol. The fourth-order valence-corrected chi connectivity index (χ4v) is 3.46. The Hall–Kier alpha value is -1.56. The fraction of sp³-hybridized carbons (Fsp3) is 0.571. The molecule has 1 amide bonds. The van der Waals surface area contributed by atoms with Crippen LogP contribution in [-0.2, 0) is 4.79 Å². The first kappa shape index (κ1) is 14.8. The summed E-state index contributed by atoms with van der Waals surface area (Å²) in [5, 5.41) is 14.1. The van der Waals surface area contributed by atoms with Gasteiger partial charge in [-0.05, 0) is 18.8 Å². The third-order valence-electron chi connectivity index (χ3n) is 4.05. The number of carboxylic acid groups (broad SMARTS) is 1. The molecule has 110 valence electrons. The Morgan fingerprint density at radius 1 is 1.50 bits per heavy atom. The Labute approximate surface area is 121 Å². The maximum absolute atomic E-state index is 12.3. The minimum Gasteiger partial charge on any atom is -0.496 e. The van der Waals surface area contributed by atoms with Crippen molar-refractivity contribution in [3.05, 3.63) is 16.3 Å². The molecule has 0 bridgehead atoms. The normalized spacial score (nSPS) is 26.0. The molecule has 1 aromatic rings. The Morgan fingerprint density at radius 2 is 2.25 bits per heavy atom. The zero-order chi connectivity index (χ0) is 14.8. The summed E-state index contributed by atoms with van der Waals surface area (Å²) in [5.41, 5.74) is -1.15. The number of aliphatic carboxylic acids is 1. The highest BCUT2D eigenvalue weighted by molar-refractivity contribution is 7.12. The molecule has 1 heterocycles. The number of hydrogen-bond acceptors (Lipinski definition) is 4. The van der Waals surface area contributed by atoms with Crippen LogP contribution in [-0.4, -0.2) is 29.6 Å². The Balaban J connectivity index is 2.19. The van der Waals surface area contributed by atoms with Gasteiger partial charge in [-0.25, -0.2) is 4.79 Å². The molecule has 0 radical (unpaired) electrons. The van der Waals surface area contributed by atoms with Gasteiger partial charge in [-0.2, -0.15) is 0 Å². The van der Waals surface area contributed by atoms with Crippen LogP contribution in [0.2, 0.25) is 0 Å². The van der Waals surface area contributed by atoms with E-state index in [1.165, 1.54) is 18.4 Å². The smallest absolute Gasteiger partial charge is 0.329 e. The molecule has 2 N–H and O–H groups in total. The molecule has 0 aromatic carbocycles. The van der Waals surface area contributed by atoms with Crippen LogP contribution in [0.15, 0.2) is 11.4 Å². The summed E-state index contributed by atoms with van der Waals surface area (Å²) in [4.78, 5) is 24.4. The first-order chi connectivity index (χ1) is 9.49. The van der Waals surface area contributed by atoms with E-state index in [4.69, 9.17) is 4.74 Å². The second-order valence-electron chi connectivity index (χ2n) is 5.23. The molecule has 2 atom stereocenters. The summed E-state index contributed by atoms with van der Waals surface area (Å²) in [6, 6.07) is 1.63. The van der Waals surface area contributed by atoms with Crippen molar-refractivity contribution in [2.45, 2.75) is 38.1 Å². The highest BCUT2D eigenvalue weighted by Crippen LogP contribution is 2.34. The molecule has 1 saturated carbocycles. The molecule has 1 aromatic heterocycles. The summed E-state index contributed by atoms with van der Waals surface area (Å²) in [5.74, 6) is -0.739. The zero-order valence-electron chi connectivity index (χ0n) is 11.6. The highest BCUT2D eigenvalue weighted by Gasteiger charge is 2.46. The van der Waals surface area contributed by atoms with E-state index in [-0.39, 0.29) is 11.8 Å². The quantitative estimate of drug-likeness (QED) is 0.895. The van der Waals surface area contributed by atoms with Crippen molar-refractivity contribution in [2.24, 2.45) is 5.92 Å². The summed E-state index contributed by atoms with van der Waals surface area (Å²) >= 11 is 1.25. The van der Waals surface area contributed by atoms with Crippen molar-refractivity contribution in [3.63, 3.8) is 0 Å². The highest BCUT2D eigenvalue weighted by atomic mass is 32.1. The number of methoxy groups -OCH3 is 1. The zero-order valence-corrected chi connectivity index (χ0v) is 12.5. The van der Waals surface area contributed by atoms with Crippen molar-refractivity contribution in [1.82, 2.24) is 5.32 Å². The van der Waals surface area contributed by atoms with Crippen LogP contribution in [0.3, 0.4) is 0 Å². The largest absolute Gasteiger partial charge is 0.496 e. The van der Waals surface area contributed by atoms with Crippen LogP contribution in [0, 0.1) is 5.92 Å². The summed E-state index contributed by atoms with van der Waals surface area (Å²) in [7, 11) is 1.53. The van der Waals surface area contributed by atoms with Gasteiger partial charge in [0, 0.05) is 11.4 Å². The van der Waals surface area contributed by atoms with Gasteiger partial charge in [-0.1, -0.05) is 19.8 Å². The summed E-state index contributed by atoms with van der Waals surface area (Å²) < 4.78 is 5.04. The molecule has 1 aliphatic rings. The van der Waals surface area contributed by atoms with Gasteiger partial charge in [0.2, 0.25) is 0 Å². The maximum atomic E-state index is 12.3. The number of carbonyl (C=O) groups excluding carboxylic acids is 1. The molecule has 2 rings (SSSR count). The van der Waals surface area contributed by atoms with Gasteiger partial charge in [0.05, 0.1) is 12.0 Å². The second kappa shape index (κ2) is 5.83. The lowest BCUT2D eigenvalue weighted by atomic mass is 9.73. The molecule has 0 aliphatic heterocycles. The van der Waals surface area contributed by atoms with Gasteiger partial charge in [-0.15, -0.1) is 11.3 Å². The Morgan fingerprint density at radius 3 is 2.80 bits per heavy atom. The van der Waals surface area contributed by atoms with Crippen LogP contribution in [0.1, 0.15) is 42.3 Å². The van der Waals surface area contributed by atoms with Crippen molar-refractivity contribution in [3.8, 4) is 5.75 Å². The van der Waals surface area contributed by atoms with Crippen molar-refractivity contribution in [2.75, 3.05) is 7.11 Å². The minimum absolute atomic E-state index is 0.0699. The average Bonchev–Trinajstić information content (AvgIpc) is 2.90. The monoisotopic (exact) mass is 297 g/mol. The SMILES string of the molecule is COc1csc(C(=O)NC2(C(=O)O)CCCCC2C)c1. The predicted molar refractivity (Wildman–Crippen MR) is 76.3 cm³/mol. The van der Waals surface area contributed by atoms with E-state index in [0.29, 0.717) is 17.0 Å². The summed E-state index contributed by atoms with van der Waals surface area (Å²) in [6.07, 6.45) is 3.14. The Kier molecular flexibility index (Phi) is 4.32. The second-order valence-corrected chi connectivity index (χ2v) is 6.14. The van der Waals surface area contributed by atoms with Crippen molar-refractivity contribution >= 4 is 23.2 Å². The first-order valence-corrected chi connectivity index (χ1v) is 7.56. The fourth-order valence-electron chi connectivity index (χ4n) is 2.71. The predicted octanol–water partition coefficient (Wildman–Crippen LogP) is 2.52. The van der Waals surface area contributed by atoms with E-state index in [1.54, 1.807) is 11.4 Å². The third-order valence-corrected chi connectivity index (χ3v) is 4.96. The lowest BCUT2D eigenvalue weighted by Gasteiger charge is -2.39. The minimum atomic E-state index is -1.15. The average molecular weight is 297 g/mol. The van der Waals surface area contributed by atoms with Crippen LogP contribution in [0.5, 0.6) is 5.75 Å². The van der Waals surface area contributed by atoms with E-state index >= 15 is 0 Å². The lowest BCUT2D eigenvalue weighted by molar-refractivity contribution is -0.148. The number of nitrogens with one attached hydrogen (secondary N) is 1. The number of hydrogen-bond donors (Lipinski definition) is 2. The van der Waals surface area contributed by atoms with Gasteiger partial charge in [0.25, 0.3) is 5.91 Å². The molecule has 5 nitrogen and oxygen atoms in total. The van der Waals surface area contributed by atoms with Crippen LogP contribution < -0.4 is 10.1 Å². The molecule has 20 heavy (non-hydrogen) atoms. The van der Waals surface area contributed by atoms with Crippen LogP contribution in [0.4, 0.5) is 0 Å². The summed E-state index contributed by atoms with van der Waals surface area (Å²) in [6.45, 7) is 1.89. The van der Waals surface area contributed by atoms with Gasteiger partial charge in [0.1, 0.15) is 11.3 Å². The number of amides is 1. The molecule has 2 unspecified atom stereocenters. The van der Waals surface area contributed by atoms with Crippen LogP contribution in [0.25, 0.3) is 0 Å². The van der Waals surface area contributed by atoms with E-state index in [2.05, 4.69) is 5.32 Å². The molecule has 1 aliphatic carbocycles. The number of carboxylic acids is 1. The molecule has 0 saturated heterocycles. The van der Waals surface area contributed by atoms with E-state index in [1.807, 2.05) is 6.92 Å². The van der Waals surface area contributed by atoms with Gasteiger partial charge in [0.15, 0.2) is 0 Å². The van der Waals surface area contributed by atoms with Gasteiger partial charge >= 0.3 is 5.97 Å². The first-order valence-electron chi connectivity index (χ1n) is 6.68. The molecule has 1 fully saturated rings. The number of thiophene rings is 1. The van der Waals surface area contributed by atoms with Gasteiger partial charge < -0.3 is 15.2 Å². The molecule has 6 heteroatoms. The number of ether oxygens (including phenoxy) is 1. The van der Waals surface area contributed by atoms with E-state index in [0.717, 1.165) is 19.3 Å². The standard InChI is InChI=1S/C14H19NO4S/c1-9-5-3-4-6-14(9,13(17)18)15-12(16)11-7-10(19-2)8-20-11/h7-9H,3-6H2,1-2H3,(H,15,16)(H,17,18). The maximum Gasteiger partial charge on any atom is 0.329 e. The Bertz CT molecular complexity index is 513. The number of carbonyl (C=O) groups is 2. The topological polar surface area (TPSA) is 75.6 Å². The van der Waals surface area contributed by atoms with Crippen LogP contribution >= 0.6 is 11.3 Å². The van der Waals surface area contributed by atoms with Gasteiger partial charge in [-0.3, -0.25) is 4.79 Å². The van der Waals surface area contributed by atoms with Crippen molar-refractivity contribution < 1.29 is 19.4 Å². The van der Waals surface area contributed by atoms with Crippen molar-refractivity contribution in [1.29, 1.82) is 0 Å². The third kappa shape index (κ3) is 2.65. The lowest BCUT2D eigenvalue weighted by Crippen LogP contribution is -2.59. The molecular formula is C14H19NO4S.